The Hall–Kier alpha value is -1.57. The van der Waals surface area contributed by atoms with Gasteiger partial charge in [0.15, 0.2) is 11.0 Å². The summed E-state index contributed by atoms with van der Waals surface area (Å²) >= 11 is 1.70. The number of hydrogen-bond donors (Lipinski definition) is 1. The van der Waals surface area contributed by atoms with Crippen molar-refractivity contribution in [1.29, 1.82) is 0 Å². The fourth-order valence-corrected chi connectivity index (χ4v) is 3.51. The fraction of sp³-hybridized carbons (Fsp3) is 0.529. The predicted octanol–water partition coefficient (Wildman–Crippen LogP) is 2.73. The molecule has 0 fully saturated rings. The summed E-state index contributed by atoms with van der Waals surface area (Å²) in [6.07, 6.45) is 1.93. The standard InChI is InChI=1S/C17H27N5OS/c1-5-15(21(2)3)16-19-20-17(24-12-6-11-18)22(16)13-7-9-14(23-4)10-8-13/h7-10,15H,5-6,11-12,18H2,1-4H3/t15-/m1/s1. The summed E-state index contributed by atoms with van der Waals surface area (Å²) in [5.41, 5.74) is 6.66. The predicted molar refractivity (Wildman–Crippen MR) is 99.0 cm³/mol. The van der Waals surface area contributed by atoms with Gasteiger partial charge in [0.05, 0.1) is 13.2 Å². The zero-order valence-corrected chi connectivity index (χ0v) is 15.7. The Morgan fingerprint density at radius 1 is 1.25 bits per heavy atom. The van der Waals surface area contributed by atoms with Crippen molar-refractivity contribution in [3.63, 3.8) is 0 Å². The average Bonchev–Trinajstić information content (AvgIpc) is 2.99. The van der Waals surface area contributed by atoms with Gasteiger partial charge in [-0.3, -0.25) is 9.47 Å². The lowest BCUT2D eigenvalue weighted by Gasteiger charge is -2.23. The van der Waals surface area contributed by atoms with Gasteiger partial charge in [-0.2, -0.15) is 0 Å². The molecule has 7 heteroatoms. The monoisotopic (exact) mass is 349 g/mol. The van der Waals surface area contributed by atoms with Crippen LogP contribution in [-0.4, -0.2) is 53.2 Å². The molecule has 2 aromatic rings. The molecular weight excluding hydrogens is 322 g/mol. The highest BCUT2D eigenvalue weighted by Gasteiger charge is 2.23. The summed E-state index contributed by atoms with van der Waals surface area (Å²) in [4.78, 5) is 2.18. The molecule has 1 atom stereocenters. The Balaban J connectivity index is 2.43. The van der Waals surface area contributed by atoms with E-state index in [4.69, 9.17) is 10.5 Å². The van der Waals surface area contributed by atoms with Gasteiger partial charge in [0.25, 0.3) is 0 Å². The minimum Gasteiger partial charge on any atom is -0.497 e. The van der Waals surface area contributed by atoms with Gasteiger partial charge in [-0.1, -0.05) is 18.7 Å². The molecule has 6 nitrogen and oxygen atoms in total. The Bertz CT molecular complexity index is 626. The molecule has 0 aliphatic heterocycles. The third-order valence-electron chi connectivity index (χ3n) is 3.88. The van der Waals surface area contributed by atoms with Crippen molar-refractivity contribution >= 4 is 11.8 Å². The van der Waals surface area contributed by atoms with Crippen LogP contribution in [-0.2, 0) is 0 Å². The molecule has 24 heavy (non-hydrogen) atoms. The molecule has 0 aliphatic rings. The highest BCUT2D eigenvalue weighted by molar-refractivity contribution is 7.99. The van der Waals surface area contributed by atoms with Crippen molar-refractivity contribution in [2.24, 2.45) is 5.73 Å². The molecular formula is C17H27N5OS. The molecule has 2 N–H and O–H groups in total. The summed E-state index contributed by atoms with van der Waals surface area (Å²) < 4.78 is 7.41. The van der Waals surface area contributed by atoms with Crippen LogP contribution >= 0.6 is 11.8 Å². The molecule has 0 aliphatic carbocycles. The van der Waals surface area contributed by atoms with Gasteiger partial charge in [-0.25, -0.2) is 0 Å². The summed E-state index contributed by atoms with van der Waals surface area (Å²) in [6.45, 7) is 2.85. The lowest BCUT2D eigenvalue weighted by molar-refractivity contribution is 0.276. The van der Waals surface area contributed by atoms with Crippen molar-refractivity contribution in [2.75, 3.05) is 33.5 Å². The largest absolute Gasteiger partial charge is 0.497 e. The van der Waals surface area contributed by atoms with E-state index in [0.29, 0.717) is 6.54 Å². The first-order valence-electron chi connectivity index (χ1n) is 8.21. The van der Waals surface area contributed by atoms with Crippen LogP contribution in [0.4, 0.5) is 0 Å². The first-order valence-corrected chi connectivity index (χ1v) is 9.20. The number of nitrogens with zero attached hydrogens (tertiary/aromatic N) is 4. The lowest BCUT2D eigenvalue weighted by atomic mass is 10.2. The number of methoxy groups -OCH3 is 1. The first kappa shape index (κ1) is 18.8. The van der Waals surface area contributed by atoms with Gasteiger partial charge in [0.1, 0.15) is 5.75 Å². The second kappa shape index (κ2) is 9.05. The van der Waals surface area contributed by atoms with E-state index in [1.165, 1.54) is 0 Å². The molecule has 0 bridgehead atoms. The highest BCUT2D eigenvalue weighted by Crippen LogP contribution is 2.29. The van der Waals surface area contributed by atoms with Crippen LogP contribution in [0.15, 0.2) is 29.4 Å². The van der Waals surface area contributed by atoms with Crippen LogP contribution < -0.4 is 10.5 Å². The quantitative estimate of drug-likeness (QED) is 0.554. The summed E-state index contributed by atoms with van der Waals surface area (Å²) in [5.74, 6) is 2.73. The molecule has 2 rings (SSSR count). The number of nitrogens with two attached hydrogens (primary N) is 1. The SMILES string of the molecule is CC[C@H](c1nnc(SCCCN)n1-c1ccc(OC)cc1)N(C)C. The molecule has 0 spiro atoms. The van der Waals surface area contributed by atoms with Gasteiger partial charge in [0.2, 0.25) is 0 Å². The van der Waals surface area contributed by atoms with Crippen molar-refractivity contribution in [2.45, 2.75) is 31.0 Å². The van der Waals surface area contributed by atoms with Gasteiger partial charge >= 0.3 is 0 Å². The maximum Gasteiger partial charge on any atom is 0.195 e. The Labute approximate surface area is 148 Å². The second-order valence-electron chi connectivity index (χ2n) is 5.75. The molecule has 0 saturated heterocycles. The van der Waals surface area contributed by atoms with Crippen LogP contribution in [0, 0.1) is 0 Å². The van der Waals surface area contributed by atoms with Crippen molar-refractivity contribution in [1.82, 2.24) is 19.7 Å². The number of benzene rings is 1. The molecule has 0 unspecified atom stereocenters. The van der Waals surface area contributed by atoms with Crippen molar-refractivity contribution in [3.8, 4) is 11.4 Å². The summed E-state index contributed by atoms with van der Waals surface area (Å²) in [5, 5.41) is 9.84. The third-order valence-corrected chi connectivity index (χ3v) is 4.89. The van der Waals surface area contributed by atoms with Crippen LogP contribution in [0.1, 0.15) is 31.6 Å². The topological polar surface area (TPSA) is 69.2 Å². The van der Waals surface area contributed by atoms with Crippen molar-refractivity contribution in [3.05, 3.63) is 30.1 Å². The number of thioether (sulfide) groups is 1. The minimum absolute atomic E-state index is 0.212. The third kappa shape index (κ3) is 4.28. The van der Waals surface area contributed by atoms with E-state index in [0.717, 1.165) is 41.0 Å². The minimum atomic E-state index is 0.212. The Morgan fingerprint density at radius 3 is 2.50 bits per heavy atom. The normalized spacial score (nSPS) is 12.6. The number of aromatic nitrogens is 3. The number of hydrogen-bond acceptors (Lipinski definition) is 6. The smallest absolute Gasteiger partial charge is 0.195 e. The van der Waals surface area contributed by atoms with E-state index >= 15 is 0 Å². The van der Waals surface area contributed by atoms with E-state index in [9.17, 15) is 0 Å². The maximum absolute atomic E-state index is 5.61. The van der Waals surface area contributed by atoms with Crippen LogP contribution in [0.5, 0.6) is 5.75 Å². The van der Waals surface area contributed by atoms with Crippen molar-refractivity contribution < 1.29 is 4.74 Å². The number of rotatable bonds is 9. The fourth-order valence-electron chi connectivity index (χ4n) is 2.59. The molecule has 1 aromatic heterocycles. The summed E-state index contributed by atoms with van der Waals surface area (Å²) in [6, 6.07) is 8.22. The van der Waals surface area contributed by atoms with Gasteiger partial charge < -0.3 is 10.5 Å². The van der Waals surface area contributed by atoms with Crippen LogP contribution in [0.3, 0.4) is 0 Å². The first-order chi connectivity index (χ1) is 11.6. The van der Waals surface area contributed by atoms with Crippen LogP contribution in [0.2, 0.25) is 0 Å². The number of ether oxygens (including phenoxy) is 1. The molecule has 0 radical (unpaired) electrons. The molecule has 0 saturated carbocycles. The molecule has 1 aromatic carbocycles. The van der Waals surface area contributed by atoms with E-state index in [2.05, 4.69) is 40.7 Å². The average molecular weight is 350 g/mol. The summed E-state index contributed by atoms with van der Waals surface area (Å²) in [7, 11) is 5.82. The van der Waals surface area contributed by atoms with Gasteiger partial charge in [0, 0.05) is 11.4 Å². The van der Waals surface area contributed by atoms with E-state index in [1.807, 2.05) is 24.3 Å². The van der Waals surface area contributed by atoms with E-state index < -0.39 is 0 Å². The van der Waals surface area contributed by atoms with E-state index in [1.54, 1.807) is 18.9 Å². The Kier molecular flexibility index (Phi) is 7.08. The Morgan fingerprint density at radius 2 is 1.96 bits per heavy atom. The molecule has 132 valence electrons. The van der Waals surface area contributed by atoms with Gasteiger partial charge in [-0.15, -0.1) is 10.2 Å². The maximum atomic E-state index is 5.61. The lowest BCUT2D eigenvalue weighted by Crippen LogP contribution is -2.22. The molecule has 0 amide bonds. The van der Waals surface area contributed by atoms with E-state index in [-0.39, 0.29) is 6.04 Å². The molecule has 1 heterocycles. The van der Waals surface area contributed by atoms with Gasteiger partial charge in [-0.05, 0) is 57.7 Å². The second-order valence-corrected chi connectivity index (χ2v) is 6.81. The zero-order valence-electron chi connectivity index (χ0n) is 14.9. The van der Waals surface area contributed by atoms with Crippen LogP contribution in [0.25, 0.3) is 5.69 Å². The zero-order chi connectivity index (χ0) is 17.5. The highest BCUT2D eigenvalue weighted by atomic mass is 32.2.